The SMILES string of the molecule is CNc1nc(C2COCCO2)nc(C2CC2)c1Br. The van der Waals surface area contributed by atoms with Gasteiger partial charge in [-0.15, -0.1) is 0 Å². The van der Waals surface area contributed by atoms with E-state index in [9.17, 15) is 0 Å². The smallest absolute Gasteiger partial charge is 0.162 e. The highest BCUT2D eigenvalue weighted by molar-refractivity contribution is 9.10. The first-order valence-electron chi connectivity index (χ1n) is 6.24. The molecule has 1 aromatic heterocycles. The molecule has 1 atom stereocenters. The van der Waals surface area contributed by atoms with Gasteiger partial charge in [0.25, 0.3) is 0 Å². The number of anilines is 1. The largest absolute Gasteiger partial charge is 0.376 e. The van der Waals surface area contributed by atoms with Gasteiger partial charge in [-0.3, -0.25) is 0 Å². The monoisotopic (exact) mass is 313 g/mol. The molecule has 1 aromatic rings. The fourth-order valence-electron chi connectivity index (χ4n) is 2.06. The minimum atomic E-state index is -0.142. The zero-order valence-electron chi connectivity index (χ0n) is 10.3. The van der Waals surface area contributed by atoms with Crippen molar-refractivity contribution < 1.29 is 9.47 Å². The van der Waals surface area contributed by atoms with E-state index in [-0.39, 0.29) is 6.10 Å². The van der Waals surface area contributed by atoms with E-state index in [1.165, 1.54) is 12.8 Å². The van der Waals surface area contributed by atoms with E-state index in [1.54, 1.807) is 0 Å². The molecule has 0 aromatic carbocycles. The maximum atomic E-state index is 5.67. The van der Waals surface area contributed by atoms with Gasteiger partial charge in [0.05, 0.1) is 30.0 Å². The molecule has 5 nitrogen and oxygen atoms in total. The fraction of sp³-hybridized carbons (Fsp3) is 0.667. The van der Waals surface area contributed by atoms with Crippen LogP contribution < -0.4 is 5.32 Å². The zero-order chi connectivity index (χ0) is 12.5. The summed E-state index contributed by atoms with van der Waals surface area (Å²) < 4.78 is 12.1. The molecule has 1 aliphatic carbocycles. The van der Waals surface area contributed by atoms with Crippen molar-refractivity contribution in [3.8, 4) is 0 Å². The molecule has 1 saturated heterocycles. The summed E-state index contributed by atoms with van der Waals surface area (Å²) in [4.78, 5) is 9.17. The number of halogens is 1. The van der Waals surface area contributed by atoms with Gasteiger partial charge in [-0.25, -0.2) is 9.97 Å². The van der Waals surface area contributed by atoms with Gasteiger partial charge >= 0.3 is 0 Å². The normalized spacial score (nSPS) is 24.0. The molecule has 1 aliphatic heterocycles. The topological polar surface area (TPSA) is 56.3 Å². The summed E-state index contributed by atoms with van der Waals surface area (Å²) in [5.74, 6) is 2.12. The van der Waals surface area contributed by atoms with Crippen LogP contribution in [0.1, 0.15) is 36.4 Å². The van der Waals surface area contributed by atoms with Gasteiger partial charge in [0, 0.05) is 13.0 Å². The standard InChI is InChI=1S/C12H16BrN3O2/c1-14-12-9(13)10(7-2-3-7)15-11(16-12)8-6-17-4-5-18-8/h7-8H,2-6H2,1H3,(H,14,15,16). The quantitative estimate of drug-likeness (QED) is 0.927. The van der Waals surface area contributed by atoms with E-state index in [0.717, 1.165) is 21.8 Å². The first-order valence-corrected chi connectivity index (χ1v) is 7.03. The highest BCUT2D eigenvalue weighted by Crippen LogP contribution is 2.44. The molecule has 0 radical (unpaired) electrons. The van der Waals surface area contributed by atoms with Gasteiger partial charge in [0.2, 0.25) is 0 Å². The number of aromatic nitrogens is 2. The van der Waals surface area contributed by atoms with Crippen molar-refractivity contribution in [3.05, 3.63) is 16.0 Å². The van der Waals surface area contributed by atoms with E-state index >= 15 is 0 Å². The summed E-state index contributed by atoms with van der Waals surface area (Å²) in [7, 11) is 1.87. The third kappa shape index (κ3) is 2.37. The van der Waals surface area contributed by atoms with Crippen LogP contribution in [0, 0.1) is 0 Å². The van der Waals surface area contributed by atoms with E-state index < -0.39 is 0 Å². The summed E-state index contributed by atoms with van der Waals surface area (Å²) in [6.07, 6.45) is 2.27. The van der Waals surface area contributed by atoms with Crippen molar-refractivity contribution in [2.75, 3.05) is 32.2 Å². The summed E-state index contributed by atoms with van der Waals surface area (Å²) in [5, 5.41) is 3.10. The minimum absolute atomic E-state index is 0.142. The maximum absolute atomic E-state index is 5.67. The zero-order valence-corrected chi connectivity index (χ0v) is 11.9. The van der Waals surface area contributed by atoms with Crippen LogP contribution in [-0.2, 0) is 9.47 Å². The molecule has 2 aliphatic rings. The second-order valence-electron chi connectivity index (χ2n) is 4.59. The number of nitrogens with zero attached hydrogens (tertiary/aromatic N) is 2. The van der Waals surface area contributed by atoms with Crippen molar-refractivity contribution in [3.63, 3.8) is 0 Å². The Hall–Kier alpha value is -0.720. The summed E-state index contributed by atoms with van der Waals surface area (Å²) in [5.41, 5.74) is 1.10. The Kier molecular flexibility index (Phi) is 3.50. The van der Waals surface area contributed by atoms with Gasteiger partial charge < -0.3 is 14.8 Å². The molecule has 2 fully saturated rings. The summed E-state index contributed by atoms with van der Waals surface area (Å²) >= 11 is 3.58. The van der Waals surface area contributed by atoms with E-state index in [4.69, 9.17) is 9.47 Å². The molecule has 1 saturated carbocycles. The van der Waals surface area contributed by atoms with Crippen molar-refractivity contribution in [1.82, 2.24) is 9.97 Å². The Balaban J connectivity index is 1.95. The van der Waals surface area contributed by atoms with Crippen molar-refractivity contribution >= 4 is 21.7 Å². The third-order valence-corrected chi connectivity index (χ3v) is 3.98. The molecule has 98 valence electrons. The van der Waals surface area contributed by atoms with Crippen LogP contribution in [-0.4, -0.2) is 36.8 Å². The molecule has 1 unspecified atom stereocenters. The lowest BCUT2D eigenvalue weighted by atomic mass is 10.2. The van der Waals surface area contributed by atoms with Crippen molar-refractivity contribution in [2.45, 2.75) is 24.9 Å². The first-order chi connectivity index (χ1) is 8.79. The number of hydrogen-bond acceptors (Lipinski definition) is 5. The maximum Gasteiger partial charge on any atom is 0.162 e. The highest BCUT2D eigenvalue weighted by atomic mass is 79.9. The average Bonchev–Trinajstić information content (AvgIpc) is 3.24. The van der Waals surface area contributed by atoms with Gasteiger partial charge in [0.1, 0.15) is 11.9 Å². The lowest BCUT2D eigenvalue weighted by molar-refractivity contribution is -0.0935. The molecule has 18 heavy (non-hydrogen) atoms. The summed E-state index contributed by atoms with van der Waals surface area (Å²) in [6.45, 7) is 1.80. The van der Waals surface area contributed by atoms with Crippen LogP contribution in [0.5, 0.6) is 0 Å². The molecule has 1 N–H and O–H groups in total. The van der Waals surface area contributed by atoms with Crippen LogP contribution in [0.15, 0.2) is 4.47 Å². The Labute approximate surface area is 114 Å². The van der Waals surface area contributed by atoms with E-state index in [1.807, 2.05) is 7.05 Å². The lowest BCUT2D eigenvalue weighted by Gasteiger charge is -2.23. The number of nitrogens with one attached hydrogen (secondary N) is 1. The Morgan fingerprint density at radius 2 is 2.11 bits per heavy atom. The van der Waals surface area contributed by atoms with Gasteiger partial charge in [-0.1, -0.05) is 0 Å². The molecule has 0 spiro atoms. The average molecular weight is 314 g/mol. The first kappa shape index (κ1) is 12.3. The van der Waals surface area contributed by atoms with Crippen LogP contribution in [0.25, 0.3) is 0 Å². The molecule has 3 rings (SSSR count). The van der Waals surface area contributed by atoms with Gasteiger partial charge in [0.15, 0.2) is 5.82 Å². The predicted octanol–water partition coefficient (Wildman–Crippen LogP) is 2.25. The third-order valence-electron chi connectivity index (χ3n) is 3.20. The Morgan fingerprint density at radius 3 is 2.72 bits per heavy atom. The number of ether oxygens (including phenoxy) is 2. The van der Waals surface area contributed by atoms with Crippen LogP contribution in [0.3, 0.4) is 0 Å². The molecule has 0 amide bonds. The minimum Gasteiger partial charge on any atom is -0.376 e. The van der Waals surface area contributed by atoms with Gasteiger partial charge in [-0.2, -0.15) is 0 Å². The van der Waals surface area contributed by atoms with Crippen molar-refractivity contribution in [1.29, 1.82) is 0 Å². The van der Waals surface area contributed by atoms with Crippen LogP contribution >= 0.6 is 15.9 Å². The van der Waals surface area contributed by atoms with Gasteiger partial charge in [-0.05, 0) is 28.8 Å². The van der Waals surface area contributed by atoms with Crippen LogP contribution in [0.2, 0.25) is 0 Å². The second kappa shape index (κ2) is 5.11. The molecule has 6 heteroatoms. The fourth-order valence-corrected chi connectivity index (χ4v) is 2.76. The van der Waals surface area contributed by atoms with Crippen LogP contribution in [0.4, 0.5) is 5.82 Å². The highest BCUT2D eigenvalue weighted by Gasteiger charge is 2.31. The van der Waals surface area contributed by atoms with E-state index in [0.29, 0.717) is 25.7 Å². The second-order valence-corrected chi connectivity index (χ2v) is 5.38. The molecule has 0 bridgehead atoms. The number of rotatable bonds is 3. The Morgan fingerprint density at radius 1 is 1.28 bits per heavy atom. The van der Waals surface area contributed by atoms with Crippen molar-refractivity contribution in [2.24, 2.45) is 0 Å². The molecule has 2 heterocycles. The molecular formula is C12H16BrN3O2. The lowest BCUT2D eigenvalue weighted by Crippen LogP contribution is -2.24. The molecular weight excluding hydrogens is 298 g/mol. The Bertz CT molecular complexity index is 445. The predicted molar refractivity (Wildman–Crippen MR) is 70.8 cm³/mol. The number of hydrogen-bond donors (Lipinski definition) is 1. The van der Waals surface area contributed by atoms with E-state index in [2.05, 4.69) is 31.2 Å². The summed E-state index contributed by atoms with van der Waals surface area (Å²) in [6, 6.07) is 0.